The minimum Gasteiger partial charge on any atom is -0.325 e. The number of aromatic amines is 1. The molecule has 0 bridgehead atoms. The molecule has 0 unspecified atom stereocenters. The Kier molecular flexibility index (Phi) is 4.87. The molecule has 5 nitrogen and oxygen atoms in total. The third kappa shape index (κ3) is 4.19. The Bertz CT molecular complexity index is 725. The lowest BCUT2D eigenvalue weighted by Gasteiger charge is -2.02. The predicted octanol–water partition coefficient (Wildman–Crippen LogP) is 3.19. The summed E-state index contributed by atoms with van der Waals surface area (Å²) < 4.78 is 0. The van der Waals surface area contributed by atoms with E-state index in [9.17, 15) is 4.79 Å². The van der Waals surface area contributed by atoms with Crippen LogP contribution in [-0.2, 0) is 11.2 Å². The number of carbonyl (C=O) groups is 1. The molecule has 0 atom stereocenters. The molecule has 0 spiro atoms. The van der Waals surface area contributed by atoms with Gasteiger partial charge in [0.25, 0.3) is 0 Å². The van der Waals surface area contributed by atoms with Gasteiger partial charge in [-0.25, -0.2) is 4.98 Å². The number of anilines is 1. The zero-order valence-electron chi connectivity index (χ0n) is 11.7. The molecule has 0 saturated carbocycles. The van der Waals surface area contributed by atoms with Crippen LogP contribution in [-0.4, -0.2) is 26.8 Å². The summed E-state index contributed by atoms with van der Waals surface area (Å²) in [5.41, 5.74) is 0.793. The first-order valence-corrected chi connectivity index (χ1v) is 8.57. The van der Waals surface area contributed by atoms with E-state index in [0.717, 1.165) is 17.9 Å². The molecule has 1 aromatic carbocycles. The summed E-state index contributed by atoms with van der Waals surface area (Å²) in [5.74, 6) is 1.03. The van der Waals surface area contributed by atoms with Crippen LogP contribution in [0.2, 0.25) is 0 Å². The summed E-state index contributed by atoms with van der Waals surface area (Å²) in [4.78, 5) is 17.5. The van der Waals surface area contributed by atoms with Gasteiger partial charge in [0.15, 0.2) is 0 Å². The topological polar surface area (TPSA) is 70.7 Å². The quantitative estimate of drug-likeness (QED) is 0.681. The third-order valence-corrected chi connectivity index (χ3v) is 4.55. The second-order valence-corrected chi connectivity index (χ2v) is 6.50. The first kappa shape index (κ1) is 14.8. The van der Waals surface area contributed by atoms with Gasteiger partial charge in [-0.1, -0.05) is 36.0 Å². The molecule has 112 valence electrons. The van der Waals surface area contributed by atoms with Crippen LogP contribution in [0.25, 0.3) is 0 Å². The average molecular weight is 330 g/mol. The Morgan fingerprint density at radius 3 is 2.86 bits per heavy atom. The number of hydrogen-bond acceptors (Lipinski definition) is 5. The smallest absolute Gasteiger partial charge is 0.234 e. The van der Waals surface area contributed by atoms with Crippen molar-refractivity contribution in [3.8, 4) is 0 Å². The van der Waals surface area contributed by atoms with Crippen molar-refractivity contribution in [1.82, 2.24) is 15.2 Å². The molecule has 22 heavy (non-hydrogen) atoms. The van der Waals surface area contributed by atoms with Crippen molar-refractivity contribution in [3.05, 3.63) is 58.5 Å². The molecule has 3 rings (SSSR count). The normalized spacial score (nSPS) is 10.5. The lowest BCUT2D eigenvalue weighted by atomic mass is 10.3. The fourth-order valence-corrected chi connectivity index (χ4v) is 3.17. The number of rotatable bonds is 6. The van der Waals surface area contributed by atoms with E-state index < -0.39 is 0 Å². The highest BCUT2D eigenvalue weighted by Crippen LogP contribution is 2.16. The minimum absolute atomic E-state index is 0.0687. The average Bonchev–Trinajstić information content (AvgIpc) is 3.19. The number of thiophene rings is 1. The van der Waals surface area contributed by atoms with Gasteiger partial charge in [-0.15, -0.1) is 16.4 Å². The molecule has 0 fully saturated rings. The van der Waals surface area contributed by atoms with Gasteiger partial charge in [0.1, 0.15) is 5.82 Å². The SMILES string of the molecule is O=C(CSc1n[nH]c(Cc2cccs2)n1)Nc1ccccc1. The van der Waals surface area contributed by atoms with Gasteiger partial charge < -0.3 is 5.32 Å². The molecule has 0 aliphatic rings. The molecule has 3 aromatic rings. The number of H-pyrrole nitrogens is 1. The molecule has 0 saturated heterocycles. The van der Waals surface area contributed by atoms with Gasteiger partial charge in [-0.2, -0.15) is 0 Å². The number of para-hydroxylation sites is 1. The molecular weight excluding hydrogens is 316 g/mol. The first-order chi connectivity index (χ1) is 10.8. The van der Waals surface area contributed by atoms with Gasteiger partial charge in [0.2, 0.25) is 11.1 Å². The van der Waals surface area contributed by atoms with Crippen molar-refractivity contribution >= 4 is 34.7 Å². The van der Waals surface area contributed by atoms with Crippen LogP contribution >= 0.6 is 23.1 Å². The van der Waals surface area contributed by atoms with Crippen molar-refractivity contribution in [3.63, 3.8) is 0 Å². The van der Waals surface area contributed by atoms with Gasteiger partial charge in [0, 0.05) is 17.0 Å². The Balaban J connectivity index is 1.49. The largest absolute Gasteiger partial charge is 0.325 e. The maximum absolute atomic E-state index is 11.9. The molecule has 1 amide bonds. The van der Waals surface area contributed by atoms with E-state index in [0.29, 0.717) is 5.16 Å². The summed E-state index contributed by atoms with van der Waals surface area (Å²) in [7, 11) is 0. The molecule has 0 aliphatic carbocycles. The van der Waals surface area contributed by atoms with E-state index in [2.05, 4.69) is 26.6 Å². The number of benzene rings is 1. The zero-order valence-corrected chi connectivity index (χ0v) is 13.3. The van der Waals surface area contributed by atoms with Crippen LogP contribution in [0.1, 0.15) is 10.7 Å². The van der Waals surface area contributed by atoms with Gasteiger partial charge in [-0.05, 0) is 23.6 Å². The van der Waals surface area contributed by atoms with Gasteiger partial charge in [-0.3, -0.25) is 9.89 Å². The third-order valence-electron chi connectivity index (χ3n) is 2.82. The van der Waals surface area contributed by atoms with Crippen LogP contribution in [0, 0.1) is 0 Å². The number of aromatic nitrogens is 3. The predicted molar refractivity (Wildman–Crippen MR) is 89.3 cm³/mol. The second kappa shape index (κ2) is 7.24. The highest BCUT2D eigenvalue weighted by atomic mass is 32.2. The summed E-state index contributed by atoms with van der Waals surface area (Å²) in [6, 6.07) is 13.5. The fourth-order valence-electron chi connectivity index (χ4n) is 1.85. The van der Waals surface area contributed by atoms with Crippen LogP contribution < -0.4 is 5.32 Å². The molecule has 7 heteroatoms. The van der Waals surface area contributed by atoms with Crippen LogP contribution in [0.15, 0.2) is 53.0 Å². The summed E-state index contributed by atoms with van der Waals surface area (Å²) >= 11 is 3.01. The number of hydrogen-bond donors (Lipinski definition) is 2. The maximum atomic E-state index is 11.9. The van der Waals surface area contributed by atoms with Crippen LogP contribution in [0.4, 0.5) is 5.69 Å². The van der Waals surface area contributed by atoms with E-state index in [1.807, 2.05) is 41.8 Å². The fraction of sp³-hybridized carbons (Fsp3) is 0.133. The first-order valence-electron chi connectivity index (χ1n) is 6.71. The van der Waals surface area contributed by atoms with E-state index in [1.165, 1.54) is 16.6 Å². The van der Waals surface area contributed by atoms with E-state index in [4.69, 9.17) is 0 Å². The van der Waals surface area contributed by atoms with Crippen molar-refractivity contribution in [2.75, 3.05) is 11.1 Å². The molecule has 0 aliphatic heterocycles. The number of carbonyl (C=O) groups excluding carboxylic acids is 1. The number of thioether (sulfide) groups is 1. The van der Waals surface area contributed by atoms with E-state index >= 15 is 0 Å². The second-order valence-electron chi connectivity index (χ2n) is 4.52. The van der Waals surface area contributed by atoms with E-state index in [1.54, 1.807) is 11.3 Å². The monoisotopic (exact) mass is 330 g/mol. The molecule has 2 heterocycles. The number of amides is 1. The Hall–Kier alpha value is -2.12. The Morgan fingerprint density at radius 1 is 1.23 bits per heavy atom. The van der Waals surface area contributed by atoms with Crippen molar-refractivity contribution in [1.29, 1.82) is 0 Å². The Labute approximate surface area is 136 Å². The Morgan fingerprint density at radius 2 is 2.09 bits per heavy atom. The van der Waals surface area contributed by atoms with E-state index in [-0.39, 0.29) is 11.7 Å². The number of nitrogens with zero attached hydrogens (tertiary/aromatic N) is 2. The standard InChI is InChI=1S/C15H14N4OS2/c20-14(16-11-5-2-1-3-6-11)10-22-15-17-13(18-19-15)9-12-7-4-8-21-12/h1-8H,9-10H2,(H,16,20)(H,17,18,19). The van der Waals surface area contributed by atoms with Crippen molar-refractivity contribution < 1.29 is 4.79 Å². The summed E-state index contributed by atoms with van der Waals surface area (Å²) in [6.45, 7) is 0. The minimum atomic E-state index is -0.0687. The number of nitrogens with one attached hydrogen (secondary N) is 2. The van der Waals surface area contributed by atoms with Crippen LogP contribution in [0.3, 0.4) is 0 Å². The molecule has 0 radical (unpaired) electrons. The van der Waals surface area contributed by atoms with Crippen LogP contribution in [0.5, 0.6) is 0 Å². The highest BCUT2D eigenvalue weighted by Gasteiger charge is 2.08. The van der Waals surface area contributed by atoms with Crippen molar-refractivity contribution in [2.45, 2.75) is 11.6 Å². The highest BCUT2D eigenvalue weighted by molar-refractivity contribution is 7.99. The van der Waals surface area contributed by atoms with Gasteiger partial charge in [0.05, 0.1) is 5.75 Å². The molecular formula is C15H14N4OS2. The molecule has 2 N–H and O–H groups in total. The zero-order chi connectivity index (χ0) is 15.2. The van der Waals surface area contributed by atoms with Gasteiger partial charge >= 0.3 is 0 Å². The van der Waals surface area contributed by atoms with Crippen molar-refractivity contribution in [2.24, 2.45) is 0 Å². The summed E-state index contributed by atoms with van der Waals surface area (Å²) in [6.07, 6.45) is 0.738. The lowest BCUT2D eigenvalue weighted by Crippen LogP contribution is -2.13. The maximum Gasteiger partial charge on any atom is 0.234 e. The summed E-state index contributed by atoms with van der Waals surface area (Å²) in [5, 5.41) is 12.5. The lowest BCUT2D eigenvalue weighted by molar-refractivity contribution is -0.113. The molecule has 2 aromatic heterocycles.